The Bertz CT molecular complexity index is 367. The summed E-state index contributed by atoms with van der Waals surface area (Å²) in [5.74, 6) is 0.799. The second kappa shape index (κ2) is 7.32. The first kappa shape index (κ1) is 14.0. The second-order valence-electron chi connectivity index (χ2n) is 3.54. The van der Waals surface area contributed by atoms with Crippen LogP contribution in [-0.2, 0) is 10.5 Å². The molecule has 0 saturated carbocycles. The average molecular weight is 256 g/mol. The summed E-state index contributed by atoms with van der Waals surface area (Å²) in [5.41, 5.74) is 1.51. The molecule has 0 saturated heterocycles. The van der Waals surface area contributed by atoms with Crippen LogP contribution in [0.3, 0.4) is 0 Å². The van der Waals surface area contributed by atoms with Crippen LogP contribution in [0.2, 0.25) is 0 Å². The van der Waals surface area contributed by atoms with Gasteiger partial charge in [0.15, 0.2) is 0 Å². The Hall–Kier alpha value is -1.04. The van der Waals surface area contributed by atoms with E-state index in [2.05, 4.69) is 4.74 Å². The summed E-state index contributed by atoms with van der Waals surface area (Å²) >= 11 is 1.50. The highest BCUT2D eigenvalue weighted by atomic mass is 32.2. The third kappa shape index (κ3) is 4.77. The van der Waals surface area contributed by atoms with Crippen molar-refractivity contribution in [2.75, 3.05) is 19.5 Å². The van der Waals surface area contributed by atoms with Gasteiger partial charge in [0, 0.05) is 11.5 Å². The zero-order chi connectivity index (χ0) is 12.7. The molecule has 1 aromatic rings. The van der Waals surface area contributed by atoms with Crippen molar-refractivity contribution in [1.82, 2.24) is 0 Å². The van der Waals surface area contributed by atoms with Gasteiger partial charge in [-0.15, -0.1) is 0 Å². The molecule has 1 aromatic carbocycles. The molecule has 0 radical (unpaired) electrons. The first-order valence-corrected chi connectivity index (χ1v) is 6.36. The fourth-order valence-corrected chi connectivity index (χ4v) is 2.18. The predicted molar refractivity (Wildman–Crippen MR) is 67.0 cm³/mol. The fourth-order valence-electron chi connectivity index (χ4n) is 1.27. The first-order chi connectivity index (χ1) is 8.17. The fraction of sp³-hybridized carbons (Fsp3) is 0.417. The van der Waals surface area contributed by atoms with Gasteiger partial charge in [0.1, 0.15) is 0 Å². The minimum Gasteiger partial charge on any atom is -0.465 e. The van der Waals surface area contributed by atoms with Gasteiger partial charge in [-0.05, 0) is 17.7 Å². The molecular formula is C12H16O4S. The first-order valence-electron chi connectivity index (χ1n) is 5.21. The number of rotatable bonds is 6. The molecule has 0 bridgehead atoms. The van der Waals surface area contributed by atoms with Crippen molar-refractivity contribution in [1.29, 1.82) is 0 Å². The number of methoxy groups -OCH3 is 1. The van der Waals surface area contributed by atoms with Gasteiger partial charge in [0.05, 0.1) is 25.4 Å². The Morgan fingerprint density at radius 1 is 1.53 bits per heavy atom. The van der Waals surface area contributed by atoms with Crippen LogP contribution in [0.4, 0.5) is 0 Å². The molecule has 0 aliphatic heterocycles. The molecule has 2 N–H and O–H groups in total. The number of carbonyl (C=O) groups excluding carboxylic acids is 1. The molecule has 1 atom stereocenters. The van der Waals surface area contributed by atoms with Crippen molar-refractivity contribution in [2.24, 2.45) is 0 Å². The molecule has 5 heteroatoms. The number of hydrogen-bond acceptors (Lipinski definition) is 5. The van der Waals surface area contributed by atoms with Crippen LogP contribution in [0.25, 0.3) is 0 Å². The SMILES string of the molecule is COC(=O)c1cccc(CSCC(O)CO)c1. The molecular weight excluding hydrogens is 240 g/mol. The van der Waals surface area contributed by atoms with Crippen LogP contribution in [0.1, 0.15) is 15.9 Å². The number of aliphatic hydroxyl groups is 2. The van der Waals surface area contributed by atoms with Gasteiger partial charge < -0.3 is 14.9 Å². The van der Waals surface area contributed by atoms with E-state index in [-0.39, 0.29) is 12.6 Å². The monoisotopic (exact) mass is 256 g/mol. The Labute approximate surface area is 105 Å². The minimum atomic E-state index is -0.691. The van der Waals surface area contributed by atoms with Crippen molar-refractivity contribution in [3.63, 3.8) is 0 Å². The molecule has 0 aliphatic carbocycles. The third-order valence-corrected chi connectivity index (χ3v) is 3.30. The zero-order valence-corrected chi connectivity index (χ0v) is 10.4. The molecule has 1 rings (SSSR count). The van der Waals surface area contributed by atoms with Crippen molar-refractivity contribution in [2.45, 2.75) is 11.9 Å². The van der Waals surface area contributed by atoms with Crippen molar-refractivity contribution in [3.05, 3.63) is 35.4 Å². The lowest BCUT2D eigenvalue weighted by atomic mass is 10.1. The highest BCUT2D eigenvalue weighted by molar-refractivity contribution is 7.98. The quantitative estimate of drug-likeness (QED) is 0.745. The van der Waals surface area contributed by atoms with Gasteiger partial charge in [-0.1, -0.05) is 12.1 Å². The molecule has 17 heavy (non-hydrogen) atoms. The topological polar surface area (TPSA) is 66.8 Å². The summed E-state index contributed by atoms with van der Waals surface area (Å²) in [7, 11) is 1.35. The summed E-state index contributed by atoms with van der Waals surface area (Å²) in [6, 6.07) is 7.17. The van der Waals surface area contributed by atoms with Crippen molar-refractivity contribution in [3.8, 4) is 0 Å². The maximum atomic E-state index is 11.3. The van der Waals surface area contributed by atoms with Gasteiger partial charge in [-0.25, -0.2) is 4.79 Å². The lowest BCUT2D eigenvalue weighted by Crippen LogP contribution is -2.14. The Kier molecular flexibility index (Phi) is 6.04. The molecule has 0 fully saturated rings. The lowest BCUT2D eigenvalue weighted by molar-refractivity contribution is 0.0600. The van der Waals surface area contributed by atoms with Gasteiger partial charge in [-0.2, -0.15) is 11.8 Å². The molecule has 0 heterocycles. The van der Waals surface area contributed by atoms with E-state index in [0.717, 1.165) is 5.56 Å². The van der Waals surface area contributed by atoms with Gasteiger partial charge >= 0.3 is 5.97 Å². The highest BCUT2D eigenvalue weighted by Gasteiger charge is 2.06. The van der Waals surface area contributed by atoms with Gasteiger partial charge in [0.2, 0.25) is 0 Å². The Morgan fingerprint density at radius 3 is 2.94 bits per heavy atom. The second-order valence-corrected chi connectivity index (χ2v) is 4.57. The van der Waals surface area contributed by atoms with Crippen LogP contribution < -0.4 is 0 Å². The number of carbonyl (C=O) groups is 1. The van der Waals surface area contributed by atoms with Crippen molar-refractivity contribution >= 4 is 17.7 Å². The van der Waals surface area contributed by atoms with Crippen LogP contribution in [0.5, 0.6) is 0 Å². The van der Waals surface area contributed by atoms with Crippen LogP contribution in [-0.4, -0.2) is 41.8 Å². The van der Waals surface area contributed by atoms with E-state index < -0.39 is 6.10 Å². The van der Waals surface area contributed by atoms with E-state index in [1.165, 1.54) is 18.9 Å². The van der Waals surface area contributed by atoms with Crippen LogP contribution in [0.15, 0.2) is 24.3 Å². The van der Waals surface area contributed by atoms with Gasteiger partial charge in [-0.3, -0.25) is 0 Å². The lowest BCUT2D eigenvalue weighted by Gasteiger charge is -2.07. The Morgan fingerprint density at radius 2 is 2.29 bits per heavy atom. The van der Waals surface area contributed by atoms with E-state index in [0.29, 0.717) is 17.1 Å². The standard InChI is InChI=1S/C12H16O4S/c1-16-12(15)10-4-2-3-9(5-10)7-17-8-11(14)6-13/h2-5,11,13-14H,6-8H2,1H3. The largest absolute Gasteiger partial charge is 0.465 e. The third-order valence-electron chi connectivity index (χ3n) is 2.14. The predicted octanol–water partition coefficient (Wildman–Crippen LogP) is 1.06. The molecule has 4 nitrogen and oxygen atoms in total. The van der Waals surface area contributed by atoms with Crippen molar-refractivity contribution < 1.29 is 19.7 Å². The van der Waals surface area contributed by atoms with E-state index in [4.69, 9.17) is 5.11 Å². The summed E-state index contributed by atoms with van der Waals surface area (Å²) < 4.78 is 4.63. The average Bonchev–Trinajstić information content (AvgIpc) is 2.38. The molecule has 94 valence electrons. The van der Waals surface area contributed by atoms with E-state index in [9.17, 15) is 9.90 Å². The summed E-state index contributed by atoms with van der Waals surface area (Å²) in [6.07, 6.45) is -0.691. The summed E-state index contributed by atoms with van der Waals surface area (Å²) in [6.45, 7) is -0.227. The maximum absolute atomic E-state index is 11.3. The molecule has 0 spiro atoms. The number of ether oxygens (including phenoxy) is 1. The van der Waals surface area contributed by atoms with E-state index >= 15 is 0 Å². The highest BCUT2D eigenvalue weighted by Crippen LogP contribution is 2.15. The molecule has 0 aromatic heterocycles. The Balaban J connectivity index is 2.51. The molecule has 0 amide bonds. The summed E-state index contributed by atoms with van der Waals surface area (Å²) in [4.78, 5) is 11.3. The maximum Gasteiger partial charge on any atom is 0.337 e. The van der Waals surface area contributed by atoms with Gasteiger partial charge in [0.25, 0.3) is 0 Å². The number of thioether (sulfide) groups is 1. The zero-order valence-electron chi connectivity index (χ0n) is 9.63. The normalized spacial score (nSPS) is 12.2. The van der Waals surface area contributed by atoms with E-state index in [1.54, 1.807) is 18.2 Å². The number of hydrogen-bond donors (Lipinski definition) is 2. The van der Waals surface area contributed by atoms with E-state index in [1.807, 2.05) is 6.07 Å². The number of aliphatic hydroxyl groups excluding tert-OH is 2. The van der Waals surface area contributed by atoms with Crippen LogP contribution in [0, 0.1) is 0 Å². The van der Waals surface area contributed by atoms with Crippen LogP contribution >= 0.6 is 11.8 Å². The summed E-state index contributed by atoms with van der Waals surface area (Å²) in [5, 5.41) is 17.8. The smallest absolute Gasteiger partial charge is 0.337 e. The number of esters is 1. The molecule has 0 aliphatic rings. The molecule has 1 unspecified atom stereocenters. The minimum absolute atomic E-state index is 0.227. The number of benzene rings is 1.